The maximum absolute atomic E-state index is 12.2. The molecule has 1 heterocycles. The molecule has 1 atom stereocenters. The summed E-state index contributed by atoms with van der Waals surface area (Å²) in [6, 6.07) is 6.59. The van der Waals surface area contributed by atoms with Gasteiger partial charge in [-0.15, -0.1) is 0 Å². The first-order valence-electron chi connectivity index (χ1n) is 6.04. The highest BCUT2D eigenvalue weighted by atomic mass is 32.2. The number of carbonyl (C=O) groups is 2. The lowest BCUT2D eigenvalue weighted by Crippen LogP contribution is -2.43. The second kappa shape index (κ2) is 5.60. The first kappa shape index (κ1) is 15.1. The average molecular weight is 314 g/mol. The number of aliphatic carboxylic acids is 1. The van der Waals surface area contributed by atoms with Gasteiger partial charge in [0.2, 0.25) is 0 Å². The Kier molecular flexibility index (Phi) is 4.03. The third-order valence-electron chi connectivity index (χ3n) is 3.14. The van der Waals surface area contributed by atoms with Crippen molar-refractivity contribution >= 4 is 28.0 Å². The van der Waals surface area contributed by atoms with Gasteiger partial charge in [0, 0.05) is 12.5 Å². The fourth-order valence-corrected chi connectivity index (χ4v) is 3.48. The van der Waals surface area contributed by atoms with E-state index in [-0.39, 0.29) is 13.0 Å². The molecular weight excluding hydrogens is 300 g/mol. The van der Waals surface area contributed by atoms with Crippen molar-refractivity contribution in [2.75, 3.05) is 18.0 Å². The van der Waals surface area contributed by atoms with Crippen LogP contribution >= 0.6 is 0 Å². The Hall–Kier alpha value is -2.29. The standard InChI is InChI=1S/C12H14N2O6S/c1-20-12(17)13-21(18,19)14-7-8(6-11(15)16)9-4-2-3-5-10(9)14/h2-5,8H,6-7H2,1H3,(H,13,17)(H,15,16). The van der Waals surface area contributed by atoms with Crippen molar-refractivity contribution in [1.29, 1.82) is 0 Å². The topological polar surface area (TPSA) is 113 Å². The molecule has 0 aromatic heterocycles. The Bertz CT molecular complexity index is 672. The van der Waals surface area contributed by atoms with E-state index in [0.29, 0.717) is 11.3 Å². The molecule has 0 saturated carbocycles. The average Bonchev–Trinajstić information content (AvgIpc) is 2.77. The Labute approximate surface area is 121 Å². The van der Waals surface area contributed by atoms with E-state index in [4.69, 9.17) is 5.11 Å². The van der Waals surface area contributed by atoms with Crippen LogP contribution in [0.4, 0.5) is 10.5 Å². The molecule has 9 heteroatoms. The maximum atomic E-state index is 12.2. The number of anilines is 1. The van der Waals surface area contributed by atoms with Crippen LogP contribution in [-0.4, -0.2) is 39.2 Å². The van der Waals surface area contributed by atoms with E-state index < -0.39 is 28.2 Å². The molecular formula is C12H14N2O6S. The molecule has 1 amide bonds. The number of nitrogens with zero attached hydrogens (tertiary/aromatic N) is 1. The minimum absolute atomic E-state index is 0.0437. The number of nitrogens with one attached hydrogen (secondary N) is 1. The van der Waals surface area contributed by atoms with Crippen LogP contribution in [0.15, 0.2) is 24.3 Å². The van der Waals surface area contributed by atoms with Gasteiger partial charge in [0.05, 0.1) is 19.2 Å². The zero-order chi connectivity index (χ0) is 15.6. The Morgan fingerprint density at radius 1 is 1.43 bits per heavy atom. The summed E-state index contributed by atoms with van der Waals surface area (Å²) in [7, 11) is -3.09. The van der Waals surface area contributed by atoms with Crippen LogP contribution in [0.3, 0.4) is 0 Å². The fourth-order valence-electron chi connectivity index (χ4n) is 2.27. The van der Waals surface area contributed by atoms with E-state index in [1.165, 1.54) is 0 Å². The molecule has 0 aliphatic carbocycles. The van der Waals surface area contributed by atoms with Crippen molar-refractivity contribution < 1.29 is 27.9 Å². The Balaban J connectivity index is 2.35. The van der Waals surface area contributed by atoms with Crippen LogP contribution in [0.25, 0.3) is 0 Å². The van der Waals surface area contributed by atoms with Crippen molar-refractivity contribution in [3.63, 3.8) is 0 Å². The highest BCUT2D eigenvalue weighted by Crippen LogP contribution is 2.39. The van der Waals surface area contributed by atoms with E-state index in [1.807, 2.05) is 0 Å². The zero-order valence-corrected chi connectivity index (χ0v) is 12.0. The van der Waals surface area contributed by atoms with Gasteiger partial charge in [-0.05, 0) is 11.6 Å². The van der Waals surface area contributed by atoms with Gasteiger partial charge in [0.1, 0.15) is 0 Å². The van der Waals surface area contributed by atoms with Crippen LogP contribution in [0.2, 0.25) is 0 Å². The Morgan fingerprint density at radius 3 is 2.71 bits per heavy atom. The van der Waals surface area contributed by atoms with Gasteiger partial charge in [-0.25, -0.2) is 9.52 Å². The third kappa shape index (κ3) is 3.07. The van der Waals surface area contributed by atoms with Crippen LogP contribution < -0.4 is 9.03 Å². The number of rotatable bonds is 4. The van der Waals surface area contributed by atoms with Gasteiger partial charge < -0.3 is 9.84 Å². The molecule has 2 N–H and O–H groups in total. The second-order valence-corrected chi connectivity index (χ2v) is 6.08. The summed E-state index contributed by atoms with van der Waals surface area (Å²) >= 11 is 0. The summed E-state index contributed by atoms with van der Waals surface area (Å²) in [5.41, 5.74) is 0.982. The summed E-state index contributed by atoms with van der Waals surface area (Å²) in [5.74, 6) is -1.48. The number of para-hydroxylation sites is 1. The smallest absolute Gasteiger partial charge is 0.422 e. The number of carboxylic acid groups (broad SMARTS) is 1. The summed E-state index contributed by atoms with van der Waals surface area (Å²) in [6.07, 6.45) is -1.30. The summed E-state index contributed by atoms with van der Waals surface area (Å²) in [5, 5.41) is 8.91. The fraction of sp³-hybridized carbons (Fsp3) is 0.333. The largest absolute Gasteiger partial charge is 0.481 e. The zero-order valence-electron chi connectivity index (χ0n) is 11.1. The van der Waals surface area contributed by atoms with Gasteiger partial charge in [0.25, 0.3) is 0 Å². The van der Waals surface area contributed by atoms with E-state index in [2.05, 4.69) is 4.74 Å². The number of ether oxygens (including phenoxy) is 1. The number of benzene rings is 1. The summed E-state index contributed by atoms with van der Waals surface area (Å²) in [4.78, 5) is 22.0. The van der Waals surface area contributed by atoms with Gasteiger partial charge in [-0.1, -0.05) is 18.2 Å². The quantitative estimate of drug-likeness (QED) is 0.844. The molecule has 0 radical (unpaired) electrons. The van der Waals surface area contributed by atoms with Crippen LogP contribution in [-0.2, 0) is 19.7 Å². The normalized spacial score (nSPS) is 17.2. The van der Waals surface area contributed by atoms with Crippen molar-refractivity contribution in [1.82, 2.24) is 4.72 Å². The monoisotopic (exact) mass is 314 g/mol. The molecule has 1 aromatic carbocycles. The lowest BCUT2D eigenvalue weighted by Gasteiger charge is -2.19. The van der Waals surface area contributed by atoms with Gasteiger partial charge in [-0.3, -0.25) is 9.10 Å². The van der Waals surface area contributed by atoms with E-state index in [1.54, 1.807) is 29.0 Å². The van der Waals surface area contributed by atoms with Crippen LogP contribution in [0.5, 0.6) is 0 Å². The van der Waals surface area contributed by atoms with E-state index >= 15 is 0 Å². The molecule has 1 aromatic rings. The number of amides is 1. The maximum Gasteiger partial charge on any atom is 0.422 e. The third-order valence-corrected chi connectivity index (χ3v) is 4.49. The van der Waals surface area contributed by atoms with Gasteiger partial charge in [0.15, 0.2) is 0 Å². The van der Waals surface area contributed by atoms with Gasteiger partial charge in [-0.2, -0.15) is 8.42 Å². The molecule has 1 unspecified atom stereocenters. The number of methoxy groups -OCH3 is 1. The molecule has 21 heavy (non-hydrogen) atoms. The predicted octanol–water partition coefficient (Wildman–Crippen LogP) is 0.666. The molecule has 2 rings (SSSR count). The molecule has 1 aliphatic heterocycles. The minimum atomic E-state index is -4.14. The van der Waals surface area contributed by atoms with Crippen molar-refractivity contribution in [2.45, 2.75) is 12.3 Å². The SMILES string of the molecule is COC(=O)NS(=O)(=O)N1CC(CC(=O)O)c2ccccc21. The summed E-state index contributed by atoms with van der Waals surface area (Å²) < 4.78 is 31.3. The molecule has 1 aliphatic rings. The summed E-state index contributed by atoms with van der Waals surface area (Å²) in [6.45, 7) is -0.0437. The van der Waals surface area contributed by atoms with E-state index in [0.717, 1.165) is 11.4 Å². The van der Waals surface area contributed by atoms with E-state index in [9.17, 15) is 18.0 Å². The number of fused-ring (bicyclic) bond motifs is 1. The first-order valence-corrected chi connectivity index (χ1v) is 7.48. The second-order valence-electron chi connectivity index (χ2n) is 4.48. The van der Waals surface area contributed by atoms with Crippen molar-refractivity contribution in [3.05, 3.63) is 29.8 Å². The molecule has 0 saturated heterocycles. The lowest BCUT2D eigenvalue weighted by atomic mass is 9.98. The predicted molar refractivity (Wildman–Crippen MR) is 73.2 cm³/mol. The molecule has 114 valence electrons. The van der Waals surface area contributed by atoms with Crippen molar-refractivity contribution in [3.8, 4) is 0 Å². The number of carboxylic acids is 1. The lowest BCUT2D eigenvalue weighted by molar-refractivity contribution is -0.137. The van der Waals surface area contributed by atoms with Crippen LogP contribution in [0.1, 0.15) is 17.9 Å². The highest BCUT2D eigenvalue weighted by molar-refractivity contribution is 7.91. The van der Waals surface area contributed by atoms with Crippen molar-refractivity contribution in [2.24, 2.45) is 0 Å². The number of carbonyl (C=O) groups excluding carboxylic acids is 1. The molecule has 0 spiro atoms. The minimum Gasteiger partial charge on any atom is -0.481 e. The number of hydrogen-bond acceptors (Lipinski definition) is 5. The number of hydrogen-bond donors (Lipinski definition) is 2. The molecule has 0 fully saturated rings. The first-order chi connectivity index (χ1) is 9.85. The van der Waals surface area contributed by atoms with Gasteiger partial charge >= 0.3 is 22.3 Å². The van der Waals surface area contributed by atoms with Crippen LogP contribution in [0, 0.1) is 0 Å². The molecule has 8 nitrogen and oxygen atoms in total. The Morgan fingerprint density at radius 2 is 2.10 bits per heavy atom. The molecule has 0 bridgehead atoms. The highest BCUT2D eigenvalue weighted by Gasteiger charge is 2.37.